The van der Waals surface area contributed by atoms with Crippen LogP contribution in [0.15, 0.2) is 37.2 Å². The van der Waals surface area contributed by atoms with Crippen LogP contribution in [0.4, 0.5) is 5.82 Å². The number of ether oxygens (including phenoxy) is 1. The van der Waals surface area contributed by atoms with Gasteiger partial charge in [-0.2, -0.15) is 4.31 Å². The summed E-state index contributed by atoms with van der Waals surface area (Å²) in [5.41, 5.74) is 11.5. The molecule has 3 fully saturated rings. The van der Waals surface area contributed by atoms with Crippen molar-refractivity contribution in [1.82, 2.24) is 19.5 Å². The molecule has 10 atom stereocenters. The predicted octanol–water partition coefficient (Wildman–Crippen LogP) is -3.14. The molecule has 1 amide bonds. The first-order valence-corrected chi connectivity index (χ1v) is 15.7. The van der Waals surface area contributed by atoms with Gasteiger partial charge in [-0.1, -0.05) is 0 Å². The van der Waals surface area contributed by atoms with Crippen LogP contribution in [0.3, 0.4) is 0 Å². The lowest BCUT2D eigenvalue weighted by Crippen LogP contribution is -2.56. The van der Waals surface area contributed by atoms with Gasteiger partial charge in [0.1, 0.15) is 42.3 Å². The van der Waals surface area contributed by atoms with Gasteiger partial charge < -0.3 is 50.8 Å². The van der Waals surface area contributed by atoms with Crippen LogP contribution in [0, 0.1) is 0 Å². The topological polar surface area (TPSA) is 312 Å². The lowest BCUT2D eigenvalue weighted by molar-refractivity contribution is -0.728. The number of amides is 1. The minimum absolute atomic E-state index is 0.0554. The average Bonchev–Trinajstić information content (AvgIpc) is 3.18. The number of aliphatic hydroxyl groups is 4. The molecule has 3 aliphatic heterocycles. The summed E-state index contributed by atoms with van der Waals surface area (Å²) in [6.07, 6.45) is -4.30. The summed E-state index contributed by atoms with van der Waals surface area (Å²) in [5, 5.41) is 42.0. The fourth-order valence-electron chi connectivity index (χ4n) is 5.26. The number of aliphatic hydroxyl groups excluding tert-OH is 3. The lowest BCUT2D eigenvalue weighted by Gasteiger charge is -2.27. The third-order valence-corrected chi connectivity index (χ3v) is 10.0. The Balaban J connectivity index is 1.03. The Hall–Kier alpha value is -3.01. The lowest BCUT2D eigenvalue weighted by atomic mass is 10.0. The fourth-order valence-corrected chi connectivity index (χ4v) is 7.35. The molecule has 3 aromatic heterocycles. The monoisotopic (exact) mass is 663 g/mol. The molecule has 6 rings (SSSR count). The molecule has 2 unspecified atom stereocenters. The number of aromatic nitrogens is 5. The number of phosphoric acid groups is 2. The van der Waals surface area contributed by atoms with Crippen molar-refractivity contribution < 1.29 is 71.2 Å². The zero-order valence-corrected chi connectivity index (χ0v) is 23.9. The molecule has 6 heterocycles. The van der Waals surface area contributed by atoms with Gasteiger partial charge in [0.25, 0.3) is 5.91 Å². The van der Waals surface area contributed by atoms with Gasteiger partial charge in [0.05, 0.1) is 12.9 Å². The third kappa shape index (κ3) is 5.20. The highest BCUT2D eigenvalue weighted by Crippen LogP contribution is 2.66. The second-order valence-corrected chi connectivity index (χ2v) is 13.1. The Kier molecular flexibility index (Phi) is 7.61. The van der Waals surface area contributed by atoms with Crippen LogP contribution in [0.25, 0.3) is 11.2 Å². The number of hydrogen-bond acceptors (Lipinski definition) is 15. The number of nitrogens with zero attached hydrogens (tertiary/aromatic N) is 5. The zero-order valence-electron chi connectivity index (χ0n) is 22.2. The van der Waals surface area contributed by atoms with Crippen LogP contribution in [-0.4, -0.2) is 105 Å². The Morgan fingerprint density at radius 3 is 2.55 bits per heavy atom. The van der Waals surface area contributed by atoms with Crippen LogP contribution in [0.2, 0.25) is 0 Å². The number of anilines is 1. The molecule has 44 heavy (non-hydrogen) atoms. The number of carbonyl (C=O) groups is 1. The minimum atomic E-state index is -5.34. The first-order chi connectivity index (χ1) is 20.6. The Morgan fingerprint density at radius 2 is 1.84 bits per heavy atom. The first kappa shape index (κ1) is 31.0. The number of imidazole rings is 1. The number of nitrogens with two attached hydrogens (primary N) is 2. The summed E-state index contributed by atoms with van der Waals surface area (Å²) < 4.78 is 49.2. The van der Waals surface area contributed by atoms with Crippen LogP contribution in [0.5, 0.6) is 0 Å². The van der Waals surface area contributed by atoms with Crippen molar-refractivity contribution in [2.24, 2.45) is 5.73 Å². The molecule has 0 aromatic carbocycles. The van der Waals surface area contributed by atoms with E-state index >= 15 is 0 Å². The SMILES string of the molecule is NC(=O)c1ccc[n+]([C@@H]2[O+]3[C@H](COP(=O)(O)OP(=O)(O)OC[C@H]4O[C@@H](n5cnc6c(N)ncnc65)[C@H](O)[C@@H]4O)[C@@H](O)[C@]23O)c1. The summed E-state index contributed by atoms with van der Waals surface area (Å²) in [6.45, 7) is -1.65. The molecule has 0 radical (unpaired) electrons. The maximum atomic E-state index is 12.4. The molecule has 3 saturated heterocycles. The number of pyridine rings is 1. The number of rotatable bonds is 11. The van der Waals surface area contributed by atoms with Crippen molar-refractivity contribution in [2.75, 3.05) is 18.9 Å². The Labute approximate surface area is 245 Å². The maximum Gasteiger partial charge on any atom is 0.481 e. The first-order valence-electron chi connectivity index (χ1n) is 12.7. The number of phosphoric ester groups is 2. The molecule has 3 aliphatic rings. The van der Waals surface area contributed by atoms with Gasteiger partial charge in [0.15, 0.2) is 30.1 Å². The number of hydrogen-bond donors (Lipinski definition) is 8. The van der Waals surface area contributed by atoms with Crippen molar-refractivity contribution in [3.8, 4) is 0 Å². The van der Waals surface area contributed by atoms with E-state index in [2.05, 4.69) is 23.6 Å². The minimum Gasteiger partial charge on any atom is -0.387 e. The van der Waals surface area contributed by atoms with Gasteiger partial charge in [-0.15, -0.1) is 4.57 Å². The van der Waals surface area contributed by atoms with Crippen molar-refractivity contribution in [3.05, 3.63) is 42.7 Å². The zero-order chi connectivity index (χ0) is 31.8. The summed E-state index contributed by atoms with van der Waals surface area (Å²) in [7, 11) is -10.7. The Bertz CT molecular complexity index is 1710. The number of epoxide rings is 1. The second kappa shape index (κ2) is 10.8. The van der Waals surface area contributed by atoms with E-state index in [1.54, 1.807) is 0 Å². The van der Waals surface area contributed by atoms with Gasteiger partial charge in [-0.3, -0.25) is 18.4 Å². The highest BCUT2D eigenvalue weighted by molar-refractivity contribution is 7.61. The molecule has 0 saturated carbocycles. The van der Waals surface area contributed by atoms with Gasteiger partial charge in [0, 0.05) is 6.07 Å². The molecule has 0 aliphatic carbocycles. The molecule has 0 bridgehead atoms. The second-order valence-electron chi connectivity index (χ2n) is 10.1. The normalized spacial score (nSPS) is 34.2. The van der Waals surface area contributed by atoms with E-state index in [1.165, 1.54) is 40.0 Å². The Morgan fingerprint density at radius 1 is 1.14 bits per heavy atom. The van der Waals surface area contributed by atoms with E-state index in [9.17, 15) is 44.1 Å². The molecule has 23 heteroatoms. The number of nitrogen functional groups attached to an aromatic ring is 1. The molecule has 21 nitrogen and oxygen atoms in total. The summed E-state index contributed by atoms with van der Waals surface area (Å²) in [6, 6.07) is 2.92. The van der Waals surface area contributed by atoms with E-state index in [4.69, 9.17) is 25.3 Å². The van der Waals surface area contributed by atoms with Crippen molar-refractivity contribution in [2.45, 2.75) is 48.8 Å². The summed E-state index contributed by atoms with van der Waals surface area (Å²) in [4.78, 5) is 43.4. The van der Waals surface area contributed by atoms with Gasteiger partial charge >= 0.3 is 27.7 Å². The molecular formula is C21H27N7O14P2+2. The molecule has 238 valence electrons. The fraction of sp³-hybridized carbons (Fsp3) is 0.476. The highest BCUT2D eigenvalue weighted by atomic mass is 31.3. The molecule has 0 spiro atoms. The number of fused-ring (bicyclic) bond motifs is 2. The number of primary amides is 1. The summed E-state index contributed by atoms with van der Waals surface area (Å²) in [5.74, 6) is -2.51. The molecule has 10 N–H and O–H groups in total. The van der Waals surface area contributed by atoms with E-state index in [1.807, 2.05) is 0 Å². The smallest absolute Gasteiger partial charge is 0.387 e. The van der Waals surface area contributed by atoms with Crippen molar-refractivity contribution in [1.29, 1.82) is 0 Å². The van der Waals surface area contributed by atoms with E-state index in [-0.39, 0.29) is 22.5 Å². The predicted molar refractivity (Wildman–Crippen MR) is 138 cm³/mol. The van der Waals surface area contributed by atoms with Gasteiger partial charge in [0.2, 0.25) is 12.2 Å². The number of carbonyl (C=O) groups excluding carboxylic acids is 1. The average molecular weight is 663 g/mol. The summed E-state index contributed by atoms with van der Waals surface area (Å²) >= 11 is 0. The van der Waals surface area contributed by atoms with E-state index in [0.717, 1.165) is 6.33 Å². The van der Waals surface area contributed by atoms with Crippen LogP contribution >= 0.6 is 15.6 Å². The van der Waals surface area contributed by atoms with E-state index in [0.29, 0.717) is 0 Å². The molecular weight excluding hydrogens is 636 g/mol. The quantitative estimate of drug-likeness (QED) is 0.0435. The third-order valence-electron chi connectivity index (χ3n) is 7.40. The van der Waals surface area contributed by atoms with Crippen LogP contribution in [0.1, 0.15) is 22.8 Å². The molecule has 3 aromatic rings. The maximum absolute atomic E-state index is 12.4. The van der Waals surface area contributed by atoms with Crippen LogP contribution in [-0.2, 0) is 31.6 Å². The highest BCUT2D eigenvalue weighted by Gasteiger charge is 2.98. The van der Waals surface area contributed by atoms with E-state index < -0.39 is 83.5 Å². The van der Waals surface area contributed by atoms with Gasteiger partial charge in [-0.25, -0.2) is 24.1 Å². The largest absolute Gasteiger partial charge is 0.481 e. The van der Waals surface area contributed by atoms with Crippen molar-refractivity contribution in [3.63, 3.8) is 0 Å². The van der Waals surface area contributed by atoms with Gasteiger partial charge in [-0.05, 0) is 6.07 Å². The van der Waals surface area contributed by atoms with Crippen LogP contribution < -0.4 is 16.0 Å². The standard InChI is InChI=1S/C21H25N7O14P2/c22-16-12-18(25-7-24-16)28(8-26-12)19-14(30)13(29)10(40-19)5-38-43(34,35)41-44(36,37)39-6-11-15(31)21(33)20(42(11)21)27-3-1-2-9(4-27)17(23)32/h1-4,7-8,10-11,13-15,19-20,29-31,33H,5-6H2,(H4-2,22,23,24,25,32,34,35,36,37)/p+2/t10-,11-,13-,14-,15-,19-,20-,21-/m1/s1. The van der Waals surface area contributed by atoms with Crippen molar-refractivity contribution >= 4 is 38.5 Å².